The minimum absolute atomic E-state index is 0. The average Bonchev–Trinajstić information content (AvgIpc) is 3.23. The molecule has 2 N–H and O–H groups in total. The minimum Gasteiger partial charge on any atom is -0.381 e. The van der Waals surface area contributed by atoms with E-state index in [4.69, 9.17) is 21.3 Å². The fraction of sp³-hybridized carbons (Fsp3) is 0.667. The molecule has 2 heterocycles. The van der Waals surface area contributed by atoms with E-state index >= 15 is 0 Å². The van der Waals surface area contributed by atoms with E-state index in [-0.39, 0.29) is 35.6 Å². The number of nitrogens with one attached hydrogen (secondary N) is 2. The summed E-state index contributed by atoms with van der Waals surface area (Å²) in [7, 11) is 0. The summed E-state index contributed by atoms with van der Waals surface area (Å²) >= 11 is 6.37. The van der Waals surface area contributed by atoms with Crippen molar-refractivity contribution in [1.29, 1.82) is 0 Å². The number of hydrogen-bond acceptors (Lipinski definition) is 3. The van der Waals surface area contributed by atoms with Gasteiger partial charge in [-0.1, -0.05) is 29.8 Å². The monoisotopic (exact) mass is 520 g/mol. The molecular weight excluding hydrogens is 487 g/mol. The Hall–Kier alpha value is -0.570. The highest BCUT2D eigenvalue weighted by Gasteiger charge is 2.39. The number of rotatable bonds is 6. The number of aliphatic imine (C=N–C) groups is 1. The van der Waals surface area contributed by atoms with Gasteiger partial charge in [-0.3, -0.25) is 9.89 Å². The molecule has 0 saturated carbocycles. The van der Waals surface area contributed by atoms with Crippen LogP contribution in [0.2, 0.25) is 5.02 Å². The number of benzene rings is 1. The van der Waals surface area contributed by atoms with Gasteiger partial charge in [0.2, 0.25) is 0 Å². The van der Waals surface area contributed by atoms with Gasteiger partial charge in [0, 0.05) is 30.3 Å². The van der Waals surface area contributed by atoms with Crippen molar-refractivity contribution < 1.29 is 4.74 Å². The standard InChI is InChI=1S/C21H33ClN4O.HI/c1-3-23-20(25-17(2)18-8-4-5-9-19(18)22)24-16-21(10-14-27-15-11-21)26-12-6-7-13-26;/h4-5,8-9,17H,3,6-7,10-16H2,1-2H3,(H2,23,24,25);1H. The van der Waals surface area contributed by atoms with Gasteiger partial charge in [0.15, 0.2) is 5.96 Å². The largest absolute Gasteiger partial charge is 0.381 e. The van der Waals surface area contributed by atoms with Crippen LogP contribution in [0.3, 0.4) is 0 Å². The normalized spacial score (nSPS) is 21.0. The predicted octanol–water partition coefficient (Wildman–Crippen LogP) is 4.22. The molecule has 28 heavy (non-hydrogen) atoms. The van der Waals surface area contributed by atoms with Gasteiger partial charge in [-0.15, -0.1) is 24.0 Å². The average molecular weight is 521 g/mol. The maximum atomic E-state index is 6.37. The molecule has 0 bridgehead atoms. The first-order valence-electron chi connectivity index (χ1n) is 10.3. The lowest BCUT2D eigenvalue weighted by Crippen LogP contribution is -2.54. The molecule has 5 nitrogen and oxygen atoms in total. The third-order valence-electron chi connectivity index (χ3n) is 5.80. The second kappa shape index (κ2) is 11.6. The smallest absolute Gasteiger partial charge is 0.191 e. The summed E-state index contributed by atoms with van der Waals surface area (Å²) in [6.45, 7) is 9.92. The maximum absolute atomic E-state index is 6.37. The Kier molecular flexibility index (Phi) is 9.80. The van der Waals surface area contributed by atoms with Crippen LogP contribution in [0.4, 0.5) is 0 Å². The first kappa shape index (κ1) is 23.7. The zero-order chi connectivity index (χ0) is 19.1. The van der Waals surface area contributed by atoms with E-state index in [0.29, 0.717) is 0 Å². The van der Waals surface area contributed by atoms with Crippen LogP contribution in [0.25, 0.3) is 0 Å². The number of guanidine groups is 1. The molecule has 1 unspecified atom stereocenters. The number of hydrogen-bond donors (Lipinski definition) is 2. The van der Waals surface area contributed by atoms with Crippen LogP contribution in [0.15, 0.2) is 29.3 Å². The highest BCUT2D eigenvalue weighted by Crippen LogP contribution is 2.31. The first-order valence-corrected chi connectivity index (χ1v) is 10.6. The van der Waals surface area contributed by atoms with Gasteiger partial charge in [-0.25, -0.2) is 0 Å². The lowest BCUT2D eigenvalue weighted by molar-refractivity contribution is -0.0139. The summed E-state index contributed by atoms with van der Waals surface area (Å²) in [5, 5.41) is 7.71. The molecule has 2 aliphatic rings. The van der Waals surface area contributed by atoms with Gasteiger partial charge in [-0.05, 0) is 64.3 Å². The molecule has 3 rings (SSSR count). The first-order chi connectivity index (χ1) is 13.1. The van der Waals surface area contributed by atoms with E-state index in [2.05, 4.69) is 35.4 Å². The van der Waals surface area contributed by atoms with Crippen molar-refractivity contribution in [2.45, 2.75) is 51.1 Å². The summed E-state index contributed by atoms with van der Waals surface area (Å²) in [6.07, 6.45) is 4.73. The summed E-state index contributed by atoms with van der Waals surface area (Å²) in [4.78, 5) is 7.66. The SMILES string of the molecule is CCNC(=NCC1(N2CCCC2)CCOCC1)NC(C)c1ccccc1Cl.I. The third kappa shape index (κ3) is 5.97. The highest BCUT2D eigenvalue weighted by molar-refractivity contribution is 14.0. The summed E-state index contributed by atoms with van der Waals surface area (Å²) < 4.78 is 5.65. The van der Waals surface area contributed by atoms with Crippen LogP contribution >= 0.6 is 35.6 Å². The van der Waals surface area contributed by atoms with Crippen molar-refractivity contribution in [3.05, 3.63) is 34.9 Å². The van der Waals surface area contributed by atoms with E-state index in [9.17, 15) is 0 Å². The van der Waals surface area contributed by atoms with E-state index in [1.165, 1.54) is 25.9 Å². The fourth-order valence-corrected chi connectivity index (χ4v) is 4.47. The van der Waals surface area contributed by atoms with E-state index < -0.39 is 0 Å². The number of halogens is 2. The Morgan fingerprint density at radius 3 is 2.57 bits per heavy atom. The lowest BCUT2D eigenvalue weighted by Gasteiger charge is -2.43. The van der Waals surface area contributed by atoms with Gasteiger partial charge < -0.3 is 15.4 Å². The van der Waals surface area contributed by atoms with Crippen molar-refractivity contribution in [1.82, 2.24) is 15.5 Å². The van der Waals surface area contributed by atoms with Crippen LogP contribution in [0.1, 0.15) is 51.1 Å². The molecule has 2 saturated heterocycles. The molecule has 0 amide bonds. The van der Waals surface area contributed by atoms with E-state index in [1.807, 2.05) is 18.2 Å². The number of ether oxygens (including phenoxy) is 1. The predicted molar refractivity (Wildman–Crippen MR) is 128 cm³/mol. The van der Waals surface area contributed by atoms with Gasteiger partial charge in [-0.2, -0.15) is 0 Å². The third-order valence-corrected chi connectivity index (χ3v) is 6.15. The minimum atomic E-state index is 0. The highest BCUT2D eigenvalue weighted by atomic mass is 127. The fourth-order valence-electron chi connectivity index (χ4n) is 4.17. The lowest BCUT2D eigenvalue weighted by atomic mass is 9.88. The Morgan fingerprint density at radius 2 is 1.93 bits per heavy atom. The summed E-state index contributed by atoms with van der Waals surface area (Å²) in [6, 6.07) is 8.07. The molecule has 2 aliphatic heterocycles. The van der Waals surface area contributed by atoms with Gasteiger partial charge in [0.05, 0.1) is 12.6 Å². The Labute approximate surface area is 191 Å². The molecule has 2 fully saturated rings. The van der Waals surface area contributed by atoms with Crippen LogP contribution in [0.5, 0.6) is 0 Å². The van der Waals surface area contributed by atoms with Crippen molar-refractivity contribution in [2.24, 2.45) is 4.99 Å². The van der Waals surface area contributed by atoms with Crippen LogP contribution in [-0.4, -0.2) is 55.8 Å². The van der Waals surface area contributed by atoms with Gasteiger partial charge in [0.1, 0.15) is 0 Å². The molecule has 1 aromatic rings. The van der Waals surface area contributed by atoms with Gasteiger partial charge >= 0.3 is 0 Å². The Morgan fingerprint density at radius 1 is 1.25 bits per heavy atom. The van der Waals surface area contributed by atoms with Crippen LogP contribution in [0, 0.1) is 0 Å². The molecule has 1 atom stereocenters. The van der Waals surface area contributed by atoms with Crippen LogP contribution < -0.4 is 10.6 Å². The molecule has 0 radical (unpaired) electrons. The molecule has 0 aromatic heterocycles. The molecule has 1 aromatic carbocycles. The zero-order valence-corrected chi connectivity index (χ0v) is 20.1. The van der Waals surface area contributed by atoms with Crippen LogP contribution in [-0.2, 0) is 4.74 Å². The Bertz CT molecular complexity index is 631. The molecule has 7 heteroatoms. The molecular formula is C21H34ClIN4O. The zero-order valence-electron chi connectivity index (χ0n) is 17.0. The van der Waals surface area contributed by atoms with E-state index in [1.54, 1.807) is 0 Å². The Balaban J connectivity index is 0.00000280. The molecule has 0 aliphatic carbocycles. The second-order valence-corrected chi connectivity index (χ2v) is 8.02. The van der Waals surface area contributed by atoms with Crippen molar-refractivity contribution in [3.63, 3.8) is 0 Å². The summed E-state index contributed by atoms with van der Waals surface area (Å²) in [5.74, 6) is 0.856. The van der Waals surface area contributed by atoms with Crippen molar-refractivity contribution >= 4 is 41.5 Å². The maximum Gasteiger partial charge on any atom is 0.191 e. The summed E-state index contributed by atoms with van der Waals surface area (Å²) in [5.41, 5.74) is 1.23. The topological polar surface area (TPSA) is 48.9 Å². The molecule has 158 valence electrons. The number of likely N-dealkylation sites (tertiary alicyclic amines) is 1. The number of nitrogens with zero attached hydrogens (tertiary/aromatic N) is 2. The van der Waals surface area contributed by atoms with Gasteiger partial charge in [0.25, 0.3) is 0 Å². The van der Waals surface area contributed by atoms with E-state index in [0.717, 1.165) is 55.7 Å². The molecule has 0 spiro atoms. The van der Waals surface area contributed by atoms with Crippen molar-refractivity contribution in [3.8, 4) is 0 Å². The van der Waals surface area contributed by atoms with Crippen molar-refractivity contribution in [2.75, 3.05) is 39.4 Å². The quantitative estimate of drug-likeness (QED) is 0.335. The second-order valence-electron chi connectivity index (χ2n) is 7.61.